The molecule has 7 heteroatoms. The molecule has 164 valence electrons. The maximum atomic E-state index is 6.07. The molecule has 3 rings (SSSR count). The second-order valence-corrected chi connectivity index (χ2v) is 7.87. The van der Waals surface area contributed by atoms with E-state index in [0.29, 0.717) is 5.92 Å². The number of benzene rings is 1. The molecule has 1 aromatic rings. The van der Waals surface area contributed by atoms with E-state index >= 15 is 0 Å². The first-order chi connectivity index (χ1) is 13.7. The van der Waals surface area contributed by atoms with Gasteiger partial charge in [0.25, 0.3) is 0 Å². The third-order valence-corrected chi connectivity index (χ3v) is 5.98. The number of guanidine groups is 1. The van der Waals surface area contributed by atoms with Gasteiger partial charge < -0.3 is 24.6 Å². The Morgan fingerprint density at radius 2 is 2.00 bits per heavy atom. The summed E-state index contributed by atoms with van der Waals surface area (Å²) in [5, 5.41) is 3.63. The van der Waals surface area contributed by atoms with Gasteiger partial charge in [-0.25, -0.2) is 0 Å². The molecule has 2 fully saturated rings. The van der Waals surface area contributed by atoms with Crippen molar-refractivity contribution in [2.45, 2.75) is 25.9 Å². The summed E-state index contributed by atoms with van der Waals surface area (Å²) >= 11 is 0. The molecule has 0 saturated carbocycles. The molecule has 1 unspecified atom stereocenters. The number of hydrogen-bond donors (Lipinski definition) is 1. The summed E-state index contributed by atoms with van der Waals surface area (Å²) in [4.78, 5) is 9.40. The predicted molar refractivity (Wildman–Crippen MR) is 129 cm³/mol. The quantitative estimate of drug-likeness (QED) is 0.358. The molecule has 2 aliphatic heterocycles. The van der Waals surface area contributed by atoms with E-state index in [9.17, 15) is 0 Å². The van der Waals surface area contributed by atoms with Crippen molar-refractivity contribution in [3.63, 3.8) is 0 Å². The highest BCUT2D eigenvalue weighted by atomic mass is 127. The number of nitrogens with zero attached hydrogens (tertiary/aromatic N) is 3. The van der Waals surface area contributed by atoms with Crippen LogP contribution in [0, 0.1) is 12.8 Å². The highest BCUT2D eigenvalue weighted by Gasteiger charge is 2.26. The van der Waals surface area contributed by atoms with E-state index in [-0.39, 0.29) is 30.1 Å². The fraction of sp³-hybridized carbons (Fsp3) is 0.682. The van der Waals surface area contributed by atoms with E-state index < -0.39 is 0 Å². The molecule has 2 heterocycles. The minimum atomic E-state index is 0. The number of morpholine rings is 1. The zero-order valence-electron chi connectivity index (χ0n) is 18.1. The lowest BCUT2D eigenvalue weighted by atomic mass is 9.97. The molecular weight excluding hydrogens is 479 g/mol. The third kappa shape index (κ3) is 7.08. The van der Waals surface area contributed by atoms with Crippen molar-refractivity contribution in [2.75, 3.05) is 66.6 Å². The number of hydrogen-bond acceptors (Lipinski definition) is 4. The largest absolute Gasteiger partial charge is 0.383 e. The number of likely N-dealkylation sites (tertiary alicyclic amines) is 1. The molecule has 0 spiro atoms. The fourth-order valence-corrected chi connectivity index (χ4v) is 4.18. The molecule has 1 N–H and O–H groups in total. The third-order valence-electron chi connectivity index (χ3n) is 5.98. The molecular formula is C22H37IN4O2. The average Bonchev–Trinajstić information content (AvgIpc) is 2.74. The normalized spacial score (nSPS) is 21.7. The van der Waals surface area contributed by atoms with Crippen molar-refractivity contribution in [2.24, 2.45) is 10.9 Å². The van der Waals surface area contributed by atoms with Crippen molar-refractivity contribution >= 4 is 29.9 Å². The van der Waals surface area contributed by atoms with E-state index in [2.05, 4.69) is 51.3 Å². The molecule has 1 aromatic carbocycles. The average molecular weight is 516 g/mol. The van der Waals surface area contributed by atoms with Gasteiger partial charge in [0.2, 0.25) is 0 Å². The highest BCUT2D eigenvalue weighted by Crippen LogP contribution is 2.25. The molecule has 0 aliphatic carbocycles. The van der Waals surface area contributed by atoms with Crippen LogP contribution in [-0.2, 0) is 9.47 Å². The SMILES string of the molecule is CN=C(NCC1CCN(CCOC)CC1)N1CCOC(c2ccccc2C)C1.I. The van der Waals surface area contributed by atoms with Crippen LogP contribution in [0.3, 0.4) is 0 Å². The lowest BCUT2D eigenvalue weighted by Gasteiger charge is -2.37. The Morgan fingerprint density at radius 1 is 1.24 bits per heavy atom. The molecule has 6 nitrogen and oxygen atoms in total. The number of rotatable bonds is 6. The van der Waals surface area contributed by atoms with Crippen LogP contribution in [0.4, 0.5) is 0 Å². The summed E-state index contributed by atoms with van der Waals surface area (Å²) < 4.78 is 11.3. The Balaban J connectivity index is 0.00000300. The van der Waals surface area contributed by atoms with Gasteiger partial charge in [-0.15, -0.1) is 24.0 Å². The van der Waals surface area contributed by atoms with Gasteiger partial charge in [-0.2, -0.15) is 0 Å². The first-order valence-electron chi connectivity index (χ1n) is 10.5. The zero-order chi connectivity index (χ0) is 19.8. The van der Waals surface area contributed by atoms with E-state index in [1.165, 1.54) is 37.1 Å². The molecule has 0 aromatic heterocycles. The monoisotopic (exact) mass is 516 g/mol. The minimum Gasteiger partial charge on any atom is -0.383 e. The molecule has 2 saturated heterocycles. The van der Waals surface area contributed by atoms with Gasteiger partial charge in [-0.05, 0) is 49.9 Å². The van der Waals surface area contributed by atoms with Gasteiger partial charge in [0, 0.05) is 33.8 Å². The van der Waals surface area contributed by atoms with Gasteiger partial charge in [-0.1, -0.05) is 24.3 Å². The van der Waals surface area contributed by atoms with Crippen LogP contribution >= 0.6 is 24.0 Å². The van der Waals surface area contributed by atoms with Gasteiger partial charge in [0.15, 0.2) is 5.96 Å². The van der Waals surface area contributed by atoms with Gasteiger partial charge in [0.1, 0.15) is 6.10 Å². The van der Waals surface area contributed by atoms with Crippen molar-refractivity contribution in [1.82, 2.24) is 15.1 Å². The number of aliphatic imine (C=N–C) groups is 1. The lowest BCUT2D eigenvalue weighted by Crippen LogP contribution is -2.49. The molecule has 29 heavy (non-hydrogen) atoms. The van der Waals surface area contributed by atoms with Crippen molar-refractivity contribution in [1.29, 1.82) is 0 Å². The number of methoxy groups -OCH3 is 1. The molecule has 1 atom stereocenters. The molecule has 0 amide bonds. The molecule has 2 aliphatic rings. The summed E-state index contributed by atoms with van der Waals surface area (Å²) in [5.74, 6) is 1.72. The second-order valence-electron chi connectivity index (χ2n) is 7.87. The van der Waals surface area contributed by atoms with E-state index in [0.717, 1.165) is 45.4 Å². The Labute approximate surface area is 193 Å². The number of ether oxygens (including phenoxy) is 2. The van der Waals surface area contributed by atoms with Gasteiger partial charge in [0.05, 0.1) is 19.8 Å². The fourth-order valence-electron chi connectivity index (χ4n) is 4.18. The first kappa shape index (κ1) is 24.4. The van der Waals surface area contributed by atoms with Crippen LogP contribution in [-0.4, -0.2) is 82.4 Å². The summed E-state index contributed by atoms with van der Waals surface area (Å²) in [6.07, 6.45) is 2.59. The topological polar surface area (TPSA) is 49.3 Å². The van der Waals surface area contributed by atoms with Crippen molar-refractivity contribution in [3.05, 3.63) is 35.4 Å². The van der Waals surface area contributed by atoms with Crippen LogP contribution in [0.1, 0.15) is 30.1 Å². The Morgan fingerprint density at radius 3 is 2.69 bits per heavy atom. The summed E-state index contributed by atoms with van der Waals surface area (Å²) in [5.41, 5.74) is 2.57. The number of aryl methyl sites for hydroxylation is 1. The Bertz CT molecular complexity index is 635. The van der Waals surface area contributed by atoms with Crippen molar-refractivity contribution < 1.29 is 9.47 Å². The van der Waals surface area contributed by atoms with Gasteiger partial charge in [-0.3, -0.25) is 4.99 Å². The van der Waals surface area contributed by atoms with Crippen LogP contribution in [0.15, 0.2) is 29.3 Å². The van der Waals surface area contributed by atoms with Crippen LogP contribution in [0.5, 0.6) is 0 Å². The number of nitrogens with one attached hydrogen (secondary N) is 1. The predicted octanol–water partition coefficient (Wildman–Crippen LogP) is 2.92. The molecule has 0 bridgehead atoms. The summed E-state index contributed by atoms with van der Waals surface area (Å²) in [6.45, 7) is 9.83. The second kappa shape index (κ2) is 12.7. The standard InChI is InChI=1S/C22H36N4O2.HI/c1-18-6-4-5-7-20(18)21-17-26(13-15-28-21)22(23-2)24-16-19-8-10-25(11-9-19)12-14-27-3;/h4-7,19,21H,8-17H2,1-3H3,(H,23,24);1H. The summed E-state index contributed by atoms with van der Waals surface area (Å²) in [7, 11) is 3.66. The van der Waals surface area contributed by atoms with Crippen LogP contribution < -0.4 is 5.32 Å². The molecule has 0 radical (unpaired) electrons. The maximum absolute atomic E-state index is 6.07. The van der Waals surface area contributed by atoms with E-state index in [1.54, 1.807) is 7.11 Å². The first-order valence-corrected chi connectivity index (χ1v) is 10.5. The number of halogens is 1. The number of piperidine rings is 1. The minimum absolute atomic E-state index is 0. The van der Waals surface area contributed by atoms with Crippen LogP contribution in [0.25, 0.3) is 0 Å². The van der Waals surface area contributed by atoms with E-state index in [4.69, 9.17) is 9.47 Å². The van der Waals surface area contributed by atoms with Crippen LogP contribution in [0.2, 0.25) is 0 Å². The van der Waals surface area contributed by atoms with Gasteiger partial charge >= 0.3 is 0 Å². The lowest BCUT2D eigenvalue weighted by molar-refractivity contribution is -0.00841. The summed E-state index contributed by atoms with van der Waals surface area (Å²) in [6, 6.07) is 8.51. The Hall–Kier alpha value is -0.900. The maximum Gasteiger partial charge on any atom is 0.193 e. The van der Waals surface area contributed by atoms with E-state index in [1.807, 2.05) is 7.05 Å². The highest BCUT2D eigenvalue weighted by molar-refractivity contribution is 14.0. The zero-order valence-corrected chi connectivity index (χ0v) is 20.4. The smallest absolute Gasteiger partial charge is 0.193 e. The van der Waals surface area contributed by atoms with Crippen molar-refractivity contribution in [3.8, 4) is 0 Å². The Kier molecular flexibility index (Phi) is 10.7.